The molecule has 2 rings (SSSR count). The van der Waals surface area contributed by atoms with Crippen molar-refractivity contribution in [3.8, 4) is 0 Å². The van der Waals surface area contributed by atoms with Crippen molar-refractivity contribution in [2.24, 2.45) is 0 Å². The third-order valence-electron chi connectivity index (χ3n) is 1.96. The highest BCUT2D eigenvalue weighted by molar-refractivity contribution is 5.92. The highest BCUT2D eigenvalue weighted by Crippen LogP contribution is 2.02. The fourth-order valence-electron chi connectivity index (χ4n) is 1.22. The van der Waals surface area contributed by atoms with E-state index in [1.54, 1.807) is 13.1 Å². The molecule has 2 aromatic rings. The third-order valence-corrected chi connectivity index (χ3v) is 1.96. The van der Waals surface area contributed by atoms with Gasteiger partial charge in [-0.15, -0.1) is 0 Å². The fraction of sp³-hybridized carbons (Fsp3) is 0.200. The molecule has 17 heavy (non-hydrogen) atoms. The largest absolute Gasteiger partial charge is 0.444 e. The van der Waals surface area contributed by atoms with Crippen molar-refractivity contribution in [3.05, 3.63) is 35.9 Å². The van der Waals surface area contributed by atoms with Crippen LogP contribution in [0.25, 0.3) is 0 Å². The molecule has 88 valence electrons. The topological polar surface area (TPSA) is 107 Å². The van der Waals surface area contributed by atoms with Gasteiger partial charge in [-0.1, -0.05) is 0 Å². The van der Waals surface area contributed by atoms with E-state index in [4.69, 9.17) is 10.2 Å². The molecular formula is C10H11N5O2. The second-order valence-corrected chi connectivity index (χ2v) is 3.38. The zero-order valence-corrected chi connectivity index (χ0v) is 9.17. The molecular weight excluding hydrogens is 222 g/mol. The van der Waals surface area contributed by atoms with Gasteiger partial charge >= 0.3 is 0 Å². The summed E-state index contributed by atoms with van der Waals surface area (Å²) in [5.74, 6) is 0.955. The number of nitrogen functional groups attached to an aromatic ring is 1. The Hall–Kier alpha value is -2.44. The first-order valence-electron chi connectivity index (χ1n) is 4.92. The normalized spacial score (nSPS) is 10.2. The van der Waals surface area contributed by atoms with Gasteiger partial charge in [-0.2, -0.15) is 0 Å². The Morgan fingerprint density at radius 2 is 2.29 bits per heavy atom. The number of oxazole rings is 1. The van der Waals surface area contributed by atoms with Crippen molar-refractivity contribution in [3.63, 3.8) is 0 Å². The number of amides is 1. The minimum absolute atomic E-state index is 0.160. The van der Waals surface area contributed by atoms with Crippen molar-refractivity contribution in [2.75, 3.05) is 5.73 Å². The van der Waals surface area contributed by atoms with Crippen molar-refractivity contribution in [2.45, 2.75) is 13.5 Å². The first-order valence-corrected chi connectivity index (χ1v) is 4.92. The molecule has 0 aromatic carbocycles. The van der Waals surface area contributed by atoms with E-state index in [1.807, 2.05) is 0 Å². The highest BCUT2D eigenvalue weighted by atomic mass is 16.4. The summed E-state index contributed by atoms with van der Waals surface area (Å²) in [7, 11) is 0. The molecule has 0 saturated carbocycles. The van der Waals surface area contributed by atoms with Gasteiger partial charge in [0.25, 0.3) is 5.91 Å². The summed E-state index contributed by atoms with van der Waals surface area (Å²) < 4.78 is 5.21. The lowest BCUT2D eigenvalue weighted by molar-refractivity contribution is 0.0942. The first kappa shape index (κ1) is 11.1. The molecule has 7 nitrogen and oxygen atoms in total. The average Bonchev–Trinajstić information content (AvgIpc) is 2.72. The van der Waals surface area contributed by atoms with E-state index in [-0.39, 0.29) is 24.0 Å². The van der Waals surface area contributed by atoms with Crippen LogP contribution in [0.3, 0.4) is 0 Å². The second kappa shape index (κ2) is 4.60. The molecule has 0 saturated heterocycles. The SMILES string of the molecule is Cc1cnc(CNC(=O)c2cncc(N)n2)o1. The van der Waals surface area contributed by atoms with Crippen molar-refractivity contribution in [1.29, 1.82) is 0 Å². The zero-order chi connectivity index (χ0) is 12.3. The molecule has 0 spiro atoms. The van der Waals surface area contributed by atoms with Crippen molar-refractivity contribution in [1.82, 2.24) is 20.3 Å². The summed E-state index contributed by atoms with van der Waals surface area (Å²) in [6.07, 6.45) is 4.29. The molecule has 3 N–H and O–H groups in total. The van der Waals surface area contributed by atoms with Gasteiger partial charge in [0.1, 0.15) is 17.3 Å². The van der Waals surface area contributed by atoms with E-state index in [1.165, 1.54) is 12.4 Å². The number of carbonyl (C=O) groups is 1. The van der Waals surface area contributed by atoms with E-state index < -0.39 is 0 Å². The summed E-state index contributed by atoms with van der Waals surface area (Å²) in [5.41, 5.74) is 5.58. The predicted molar refractivity (Wildman–Crippen MR) is 58.9 cm³/mol. The lowest BCUT2D eigenvalue weighted by Gasteiger charge is -2.01. The van der Waals surface area contributed by atoms with E-state index in [0.717, 1.165) is 0 Å². The maximum Gasteiger partial charge on any atom is 0.272 e. The summed E-state index contributed by atoms with van der Waals surface area (Å²) in [6.45, 7) is 1.98. The Kier molecular flexibility index (Phi) is 2.99. The van der Waals surface area contributed by atoms with Crippen LogP contribution < -0.4 is 11.1 Å². The van der Waals surface area contributed by atoms with Crippen LogP contribution >= 0.6 is 0 Å². The molecule has 0 aliphatic carbocycles. The Bertz CT molecular complexity index is 537. The molecule has 0 aliphatic rings. The monoisotopic (exact) mass is 233 g/mol. The Labute approximate surface area is 97.1 Å². The van der Waals surface area contributed by atoms with Crippen LogP contribution in [0.1, 0.15) is 22.1 Å². The number of nitrogens with one attached hydrogen (secondary N) is 1. The third kappa shape index (κ3) is 2.77. The van der Waals surface area contributed by atoms with Gasteiger partial charge in [0.2, 0.25) is 5.89 Å². The van der Waals surface area contributed by atoms with Crippen LogP contribution in [0.5, 0.6) is 0 Å². The first-order chi connectivity index (χ1) is 8.15. The van der Waals surface area contributed by atoms with Crippen LogP contribution in [-0.4, -0.2) is 20.9 Å². The Morgan fingerprint density at radius 1 is 1.47 bits per heavy atom. The van der Waals surface area contributed by atoms with Crippen LogP contribution in [0.4, 0.5) is 5.82 Å². The molecule has 1 amide bonds. The quantitative estimate of drug-likeness (QED) is 0.788. The molecule has 0 aliphatic heterocycles. The van der Waals surface area contributed by atoms with Crippen molar-refractivity contribution < 1.29 is 9.21 Å². The van der Waals surface area contributed by atoms with Crippen molar-refractivity contribution >= 4 is 11.7 Å². The number of carbonyl (C=O) groups excluding carboxylic acids is 1. The number of hydrogen-bond acceptors (Lipinski definition) is 6. The predicted octanol–water partition coefficient (Wildman–Crippen LogP) is 0.285. The van der Waals surface area contributed by atoms with Gasteiger partial charge in [-0.3, -0.25) is 9.78 Å². The summed E-state index contributed by atoms with van der Waals surface area (Å²) >= 11 is 0. The number of anilines is 1. The summed E-state index contributed by atoms with van der Waals surface area (Å²) in [4.78, 5) is 23.2. The average molecular weight is 233 g/mol. The lowest BCUT2D eigenvalue weighted by Crippen LogP contribution is -2.24. The maximum atomic E-state index is 11.6. The zero-order valence-electron chi connectivity index (χ0n) is 9.17. The summed E-state index contributed by atoms with van der Waals surface area (Å²) in [5, 5.41) is 2.60. The Morgan fingerprint density at radius 3 is 2.94 bits per heavy atom. The van der Waals surface area contributed by atoms with E-state index >= 15 is 0 Å². The molecule has 7 heteroatoms. The van der Waals surface area contributed by atoms with Crippen LogP contribution in [0.15, 0.2) is 23.0 Å². The number of aromatic nitrogens is 3. The number of rotatable bonds is 3. The van der Waals surface area contributed by atoms with Crippen LogP contribution in [0.2, 0.25) is 0 Å². The van der Waals surface area contributed by atoms with Gasteiger partial charge in [-0.25, -0.2) is 9.97 Å². The summed E-state index contributed by atoms with van der Waals surface area (Å²) in [6, 6.07) is 0. The molecule has 0 unspecified atom stereocenters. The molecule has 0 bridgehead atoms. The minimum atomic E-state index is -0.374. The molecule has 0 fully saturated rings. The second-order valence-electron chi connectivity index (χ2n) is 3.38. The number of aryl methyl sites for hydroxylation is 1. The molecule has 0 radical (unpaired) electrons. The highest BCUT2D eigenvalue weighted by Gasteiger charge is 2.09. The van der Waals surface area contributed by atoms with Gasteiger partial charge in [-0.05, 0) is 6.92 Å². The molecule has 2 heterocycles. The smallest absolute Gasteiger partial charge is 0.272 e. The standard InChI is InChI=1S/C10H11N5O2/c1-6-2-13-9(17-6)5-14-10(16)7-3-12-4-8(11)15-7/h2-4H,5H2,1H3,(H2,11,15)(H,14,16). The number of nitrogens with zero attached hydrogens (tertiary/aromatic N) is 3. The maximum absolute atomic E-state index is 11.6. The van der Waals surface area contributed by atoms with Crippen LogP contribution in [-0.2, 0) is 6.54 Å². The minimum Gasteiger partial charge on any atom is -0.444 e. The van der Waals surface area contributed by atoms with E-state index in [0.29, 0.717) is 11.7 Å². The fourth-order valence-corrected chi connectivity index (χ4v) is 1.22. The lowest BCUT2D eigenvalue weighted by atomic mass is 10.4. The van der Waals surface area contributed by atoms with Crippen LogP contribution in [0, 0.1) is 6.92 Å². The molecule has 2 aromatic heterocycles. The van der Waals surface area contributed by atoms with Gasteiger partial charge < -0.3 is 15.5 Å². The number of nitrogens with two attached hydrogens (primary N) is 1. The molecule has 0 atom stereocenters. The van der Waals surface area contributed by atoms with Gasteiger partial charge in [0.05, 0.1) is 25.1 Å². The number of hydrogen-bond donors (Lipinski definition) is 2. The van der Waals surface area contributed by atoms with E-state index in [2.05, 4.69) is 20.3 Å². The van der Waals surface area contributed by atoms with Gasteiger partial charge in [0.15, 0.2) is 0 Å². The van der Waals surface area contributed by atoms with Gasteiger partial charge in [0, 0.05) is 0 Å². The Balaban J connectivity index is 1.98. The van der Waals surface area contributed by atoms with E-state index in [9.17, 15) is 4.79 Å².